The first-order valence-electron chi connectivity index (χ1n) is 10.8. The standard InChI is InChI=1S/C24H27N3O5/c1-4-32-23(31)20-21(15-9-10-18(28)19(29)13-15)27-17-8-6-5-7-16(17)25-24(27)26(22(20)30)12-11-14(2)3/h5-10,13-14,20-21,28-29H,4,11-12H2,1-3H3/t20-,21+/m1/s1. The van der Waals surface area contributed by atoms with Crippen LogP contribution in [0.25, 0.3) is 11.0 Å². The van der Waals surface area contributed by atoms with Gasteiger partial charge in [-0.3, -0.25) is 14.5 Å². The Labute approximate surface area is 186 Å². The van der Waals surface area contributed by atoms with Crippen LogP contribution in [0, 0.1) is 11.8 Å². The van der Waals surface area contributed by atoms with Crippen molar-refractivity contribution >= 4 is 28.9 Å². The molecule has 1 aliphatic heterocycles. The lowest BCUT2D eigenvalue weighted by atomic mass is 9.89. The summed E-state index contributed by atoms with van der Waals surface area (Å²) in [7, 11) is 0. The molecule has 2 aromatic carbocycles. The predicted octanol–water partition coefficient (Wildman–Crippen LogP) is 3.61. The third kappa shape index (κ3) is 3.66. The number of carbonyl (C=O) groups is 2. The largest absolute Gasteiger partial charge is 0.504 e. The lowest BCUT2D eigenvalue weighted by Gasteiger charge is -2.38. The van der Waals surface area contributed by atoms with Crippen LogP contribution in [0.1, 0.15) is 38.8 Å². The molecule has 0 radical (unpaired) electrons. The maximum atomic E-state index is 13.7. The van der Waals surface area contributed by atoms with Gasteiger partial charge in [-0.05, 0) is 49.1 Å². The molecule has 0 fully saturated rings. The van der Waals surface area contributed by atoms with Crippen molar-refractivity contribution in [3.63, 3.8) is 0 Å². The van der Waals surface area contributed by atoms with E-state index in [1.54, 1.807) is 17.9 Å². The number of nitrogens with zero attached hydrogens (tertiary/aromatic N) is 3. The zero-order chi connectivity index (χ0) is 23.0. The molecule has 168 valence electrons. The first-order chi connectivity index (χ1) is 15.3. The van der Waals surface area contributed by atoms with E-state index in [4.69, 9.17) is 9.72 Å². The summed E-state index contributed by atoms with van der Waals surface area (Å²) in [5.74, 6) is -1.97. The third-order valence-electron chi connectivity index (χ3n) is 5.76. The van der Waals surface area contributed by atoms with Gasteiger partial charge in [0.2, 0.25) is 11.9 Å². The summed E-state index contributed by atoms with van der Waals surface area (Å²) < 4.78 is 7.17. The number of rotatable bonds is 6. The molecule has 1 aromatic heterocycles. The Balaban J connectivity index is 1.97. The number of aromatic nitrogens is 2. The van der Waals surface area contributed by atoms with E-state index in [1.807, 2.05) is 28.8 Å². The van der Waals surface area contributed by atoms with Crippen molar-refractivity contribution in [2.75, 3.05) is 18.1 Å². The molecule has 2 N–H and O–H groups in total. The number of phenolic OH excluding ortho intramolecular Hbond substituents is 2. The molecule has 2 heterocycles. The first-order valence-corrected chi connectivity index (χ1v) is 10.8. The SMILES string of the molecule is CCOC(=O)[C@H]1C(=O)N(CCC(C)C)c2nc3ccccc3n2[C@H]1c1ccc(O)c(O)c1. The maximum Gasteiger partial charge on any atom is 0.321 e. The number of ether oxygens (including phenoxy) is 1. The smallest absolute Gasteiger partial charge is 0.321 e. The van der Waals surface area contributed by atoms with E-state index in [0.717, 1.165) is 11.9 Å². The number of imidazole rings is 1. The van der Waals surface area contributed by atoms with Crippen LogP contribution in [0.3, 0.4) is 0 Å². The lowest BCUT2D eigenvalue weighted by Crippen LogP contribution is -2.50. The third-order valence-corrected chi connectivity index (χ3v) is 5.76. The van der Waals surface area contributed by atoms with Crippen molar-refractivity contribution < 1.29 is 24.5 Å². The molecular formula is C24H27N3O5. The molecule has 0 saturated carbocycles. The van der Waals surface area contributed by atoms with Crippen LogP contribution < -0.4 is 4.90 Å². The number of aromatic hydroxyl groups is 2. The lowest BCUT2D eigenvalue weighted by molar-refractivity contribution is -0.153. The molecule has 2 atom stereocenters. The number of para-hydroxylation sites is 2. The predicted molar refractivity (Wildman–Crippen MR) is 120 cm³/mol. The number of esters is 1. The number of benzene rings is 2. The van der Waals surface area contributed by atoms with Gasteiger partial charge in [0.15, 0.2) is 17.4 Å². The van der Waals surface area contributed by atoms with Crippen molar-refractivity contribution in [3.05, 3.63) is 48.0 Å². The molecule has 8 nitrogen and oxygen atoms in total. The van der Waals surface area contributed by atoms with Gasteiger partial charge in [-0.15, -0.1) is 0 Å². The van der Waals surface area contributed by atoms with Gasteiger partial charge in [-0.2, -0.15) is 0 Å². The highest BCUT2D eigenvalue weighted by Gasteiger charge is 2.47. The van der Waals surface area contributed by atoms with Crippen LogP contribution in [0.15, 0.2) is 42.5 Å². The van der Waals surface area contributed by atoms with E-state index in [0.29, 0.717) is 29.5 Å². The molecule has 32 heavy (non-hydrogen) atoms. The normalized spacial score (nSPS) is 18.2. The van der Waals surface area contributed by atoms with Gasteiger partial charge >= 0.3 is 5.97 Å². The Kier molecular flexibility index (Phi) is 5.78. The second-order valence-corrected chi connectivity index (χ2v) is 8.37. The van der Waals surface area contributed by atoms with Crippen LogP contribution in [-0.2, 0) is 14.3 Å². The van der Waals surface area contributed by atoms with Crippen LogP contribution in [0.2, 0.25) is 0 Å². The Bertz CT molecular complexity index is 1170. The molecular weight excluding hydrogens is 410 g/mol. The van der Waals surface area contributed by atoms with Crippen LogP contribution in [0.4, 0.5) is 5.95 Å². The van der Waals surface area contributed by atoms with Gasteiger partial charge in [0, 0.05) is 6.54 Å². The van der Waals surface area contributed by atoms with Crippen molar-refractivity contribution in [2.24, 2.45) is 11.8 Å². The Morgan fingerprint density at radius 3 is 2.59 bits per heavy atom. The summed E-state index contributed by atoms with van der Waals surface area (Å²) >= 11 is 0. The zero-order valence-corrected chi connectivity index (χ0v) is 18.4. The molecule has 4 rings (SSSR count). The summed E-state index contributed by atoms with van der Waals surface area (Å²) in [5.41, 5.74) is 1.96. The molecule has 0 aliphatic carbocycles. The molecule has 0 unspecified atom stereocenters. The van der Waals surface area contributed by atoms with E-state index in [2.05, 4.69) is 13.8 Å². The van der Waals surface area contributed by atoms with Gasteiger partial charge in [0.05, 0.1) is 23.7 Å². The number of fused-ring (bicyclic) bond motifs is 3. The minimum Gasteiger partial charge on any atom is -0.504 e. The average molecular weight is 437 g/mol. The van der Waals surface area contributed by atoms with Crippen molar-refractivity contribution in [3.8, 4) is 11.5 Å². The van der Waals surface area contributed by atoms with E-state index in [1.165, 1.54) is 12.1 Å². The Hall–Kier alpha value is -3.55. The fraction of sp³-hybridized carbons (Fsp3) is 0.375. The molecule has 1 amide bonds. The number of amides is 1. The zero-order valence-electron chi connectivity index (χ0n) is 18.4. The van der Waals surface area contributed by atoms with Gasteiger partial charge in [-0.1, -0.05) is 32.0 Å². The number of anilines is 1. The highest BCUT2D eigenvalue weighted by Crippen LogP contribution is 2.43. The first kappa shape index (κ1) is 21.7. The highest BCUT2D eigenvalue weighted by atomic mass is 16.5. The summed E-state index contributed by atoms with van der Waals surface area (Å²) in [6.45, 7) is 6.40. The van der Waals surface area contributed by atoms with Gasteiger partial charge in [0.25, 0.3) is 0 Å². The average Bonchev–Trinajstić information content (AvgIpc) is 3.13. The van der Waals surface area contributed by atoms with Gasteiger partial charge in [0.1, 0.15) is 0 Å². The van der Waals surface area contributed by atoms with Crippen molar-refractivity contribution in [1.82, 2.24) is 9.55 Å². The monoisotopic (exact) mass is 437 g/mol. The summed E-state index contributed by atoms with van der Waals surface area (Å²) in [6.07, 6.45) is 0.745. The molecule has 0 bridgehead atoms. The number of hydrogen-bond donors (Lipinski definition) is 2. The minimum atomic E-state index is -1.16. The number of hydrogen-bond acceptors (Lipinski definition) is 6. The number of phenols is 2. The number of carbonyl (C=O) groups excluding carboxylic acids is 2. The summed E-state index contributed by atoms with van der Waals surface area (Å²) in [4.78, 5) is 33.1. The maximum absolute atomic E-state index is 13.7. The molecule has 8 heteroatoms. The van der Waals surface area contributed by atoms with E-state index in [9.17, 15) is 19.8 Å². The topological polar surface area (TPSA) is 105 Å². The quantitative estimate of drug-likeness (QED) is 0.347. The highest BCUT2D eigenvalue weighted by molar-refractivity contribution is 6.08. The van der Waals surface area contributed by atoms with Crippen molar-refractivity contribution in [2.45, 2.75) is 33.2 Å². The fourth-order valence-electron chi connectivity index (χ4n) is 4.17. The molecule has 0 spiro atoms. The molecule has 3 aromatic rings. The minimum absolute atomic E-state index is 0.139. The van der Waals surface area contributed by atoms with Crippen LogP contribution >= 0.6 is 0 Å². The second kappa shape index (κ2) is 8.53. The van der Waals surface area contributed by atoms with Gasteiger partial charge < -0.3 is 19.5 Å². The summed E-state index contributed by atoms with van der Waals surface area (Å²) in [5, 5.41) is 20.0. The van der Waals surface area contributed by atoms with E-state index in [-0.39, 0.29) is 24.0 Å². The van der Waals surface area contributed by atoms with Crippen LogP contribution in [0.5, 0.6) is 11.5 Å². The fourth-order valence-corrected chi connectivity index (χ4v) is 4.17. The Morgan fingerprint density at radius 2 is 1.91 bits per heavy atom. The molecule has 1 aliphatic rings. The van der Waals surface area contributed by atoms with E-state index >= 15 is 0 Å². The van der Waals surface area contributed by atoms with Gasteiger partial charge in [-0.25, -0.2) is 4.98 Å². The van der Waals surface area contributed by atoms with Crippen molar-refractivity contribution in [1.29, 1.82) is 0 Å². The second-order valence-electron chi connectivity index (χ2n) is 8.37. The van der Waals surface area contributed by atoms with E-state index < -0.39 is 17.9 Å². The summed E-state index contributed by atoms with van der Waals surface area (Å²) in [6, 6.07) is 11.0. The Morgan fingerprint density at radius 1 is 1.16 bits per heavy atom. The van der Waals surface area contributed by atoms with Crippen LogP contribution in [-0.4, -0.2) is 44.8 Å². The molecule has 0 saturated heterocycles.